The standard InChI is InChI=1S/C17H28N2O5/c1-3-6-12(16(21)22)18-10(2)15(20)19-13-8-5-4-7-11(13)9-14(19)17(23)24/h10-14,18H,3-9H2,1-2H3,(H,21,22)(H,23,24)/t10-,11+,12-,13-,14+/m0/s1. The predicted octanol–water partition coefficient (Wildman–Crippen LogP) is 1.46. The number of fused-ring (bicyclic) bond motifs is 1. The van der Waals surface area contributed by atoms with E-state index in [1.54, 1.807) is 6.92 Å². The third kappa shape index (κ3) is 3.88. The highest BCUT2D eigenvalue weighted by molar-refractivity contribution is 5.88. The molecule has 0 aromatic rings. The van der Waals surface area contributed by atoms with E-state index in [1.807, 2.05) is 6.92 Å². The third-order valence-corrected chi connectivity index (χ3v) is 5.32. The minimum atomic E-state index is -0.983. The summed E-state index contributed by atoms with van der Waals surface area (Å²) in [5.41, 5.74) is 0. The molecule has 1 aliphatic heterocycles. The summed E-state index contributed by atoms with van der Waals surface area (Å²) >= 11 is 0. The van der Waals surface area contributed by atoms with Crippen LogP contribution in [0.3, 0.4) is 0 Å². The molecule has 0 radical (unpaired) electrons. The van der Waals surface area contributed by atoms with Crippen LogP contribution in [0.25, 0.3) is 0 Å². The second-order valence-corrected chi connectivity index (χ2v) is 7.01. The van der Waals surface area contributed by atoms with Gasteiger partial charge in [-0.05, 0) is 38.5 Å². The number of rotatable bonds is 7. The van der Waals surface area contributed by atoms with Crippen molar-refractivity contribution < 1.29 is 24.6 Å². The Bertz CT molecular complexity index is 495. The lowest BCUT2D eigenvalue weighted by Gasteiger charge is -2.35. The molecule has 7 heteroatoms. The predicted molar refractivity (Wildman–Crippen MR) is 87.6 cm³/mol. The number of hydrogen-bond acceptors (Lipinski definition) is 4. The number of amides is 1. The Morgan fingerprint density at radius 3 is 2.46 bits per heavy atom. The quantitative estimate of drug-likeness (QED) is 0.648. The van der Waals surface area contributed by atoms with E-state index in [0.717, 1.165) is 25.7 Å². The fourth-order valence-corrected chi connectivity index (χ4v) is 4.16. The fourth-order valence-electron chi connectivity index (χ4n) is 4.16. The van der Waals surface area contributed by atoms with Crippen LogP contribution in [0.15, 0.2) is 0 Å². The Morgan fingerprint density at radius 1 is 1.21 bits per heavy atom. The maximum Gasteiger partial charge on any atom is 0.326 e. The van der Waals surface area contributed by atoms with Gasteiger partial charge in [0.05, 0.1) is 6.04 Å². The summed E-state index contributed by atoms with van der Waals surface area (Å²) in [6.45, 7) is 3.51. The Hall–Kier alpha value is -1.63. The highest BCUT2D eigenvalue weighted by Crippen LogP contribution is 2.40. The van der Waals surface area contributed by atoms with Crippen LogP contribution in [0, 0.1) is 5.92 Å². The van der Waals surface area contributed by atoms with E-state index in [4.69, 9.17) is 0 Å². The molecule has 1 saturated heterocycles. The number of likely N-dealkylation sites (tertiary alicyclic amines) is 1. The van der Waals surface area contributed by atoms with Crippen LogP contribution in [0.1, 0.15) is 58.8 Å². The van der Waals surface area contributed by atoms with Gasteiger partial charge < -0.3 is 15.1 Å². The van der Waals surface area contributed by atoms with E-state index in [-0.39, 0.29) is 17.9 Å². The second-order valence-electron chi connectivity index (χ2n) is 7.01. The Kier molecular flexibility index (Phi) is 6.21. The lowest BCUT2D eigenvalue weighted by atomic mass is 9.84. The number of carbonyl (C=O) groups is 3. The van der Waals surface area contributed by atoms with Crippen LogP contribution in [0.4, 0.5) is 0 Å². The van der Waals surface area contributed by atoms with Crippen molar-refractivity contribution in [3.05, 3.63) is 0 Å². The van der Waals surface area contributed by atoms with Gasteiger partial charge in [0.25, 0.3) is 0 Å². The van der Waals surface area contributed by atoms with Crippen LogP contribution in [0.2, 0.25) is 0 Å². The Morgan fingerprint density at radius 2 is 1.88 bits per heavy atom. The molecule has 2 rings (SSSR count). The van der Waals surface area contributed by atoms with Crippen molar-refractivity contribution in [1.29, 1.82) is 0 Å². The van der Waals surface area contributed by atoms with Gasteiger partial charge in [-0.15, -0.1) is 0 Å². The average molecular weight is 340 g/mol. The first-order chi connectivity index (χ1) is 11.4. The van der Waals surface area contributed by atoms with Crippen LogP contribution >= 0.6 is 0 Å². The van der Waals surface area contributed by atoms with Crippen LogP contribution in [-0.4, -0.2) is 57.1 Å². The first kappa shape index (κ1) is 18.7. The Balaban J connectivity index is 2.12. The first-order valence-corrected chi connectivity index (χ1v) is 8.90. The van der Waals surface area contributed by atoms with Crippen molar-refractivity contribution >= 4 is 17.8 Å². The topological polar surface area (TPSA) is 107 Å². The smallest absolute Gasteiger partial charge is 0.326 e. The molecular weight excluding hydrogens is 312 g/mol. The van der Waals surface area contributed by atoms with Gasteiger partial charge in [-0.1, -0.05) is 26.2 Å². The van der Waals surface area contributed by atoms with Crippen LogP contribution in [0.5, 0.6) is 0 Å². The molecule has 5 atom stereocenters. The van der Waals surface area contributed by atoms with Gasteiger partial charge in [0, 0.05) is 6.04 Å². The SMILES string of the molecule is CCC[C@H](N[C@@H](C)C(=O)N1[C@@H](C(=O)O)C[C@H]2CCCC[C@@H]21)C(=O)O. The summed E-state index contributed by atoms with van der Waals surface area (Å²) < 4.78 is 0. The molecule has 7 nitrogen and oxygen atoms in total. The van der Waals surface area contributed by atoms with E-state index < -0.39 is 30.1 Å². The number of carboxylic acid groups (broad SMARTS) is 2. The first-order valence-electron chi connectivity index (χ1n) is 8.90. The molecule has 24 heavy (non-hydrogen) atoms. The van der Waals surface area contributed by atoms with Gasteiger partial charge in [-0.25, -0.2) is 4.79 Å². The molecule has 3 N–H and O–H groups in total. The number of aliphatic carboxylic acids is 2. The summed E-state index contributed by atoms with van der Waals surface area (Å²) in [6, 6.07) is -2.31. The summed E-state index contributed by atoms with van der Waals surface area (Å²) in [5.74, 6) is -1.99. The molecule has 136 valence electrons. The number of carboxylic acids is 2. The fraction of sp³-hybridized carbons (Fsp3) is 0.824. The zero-order chi connectivity index (χ0) is 17.9. The maximum absolute atomic E-state index is 12.9. The average Bonchev–Trinajstić information content (AvgIpc) is 2.93. The number of nitrogens with zero attached hydrogens (tertiary/aromatic N) is 1. The van der Waals surface area contributed by atoms with Gasteiger partial charge in [0.15, 0.2) is 0 Å². The van der Waals surface area contributed by atoms with Gasteiger partial charge >= 0.3 is 11.9 Å². The minimum Gasteiger partial charge on any atom is -0.480 e. The molecule has 0 spiro atoms. The molecule has 1 amide bonds. The van der Waals surface area contributed by atoms with Crippen molar-refractivity contribution in [1.82, 2.24) is 10.2 Å². The summed E-state index contributed by atoms with van der Waals surface area (Å²) in [7, 11) is 0. The highest BCUT2D eigenvalue weighted by Gasteiger charge is 2.48. The summed E-state index contributed by atoms with van der Waals surface area (Å²) in [6.07, 6.45) is 5.53. The number of hydrogen-bond donors (Lipinski definition) is 3. The second kappa shape index (κ2) is 7.96. The summed E-state index contributed by atoms with van der Waals surface area (Å²) in [4.78, 5) is 37.3. The van der Waals surface area contributed by atoms with E-state index in [9.17, 15) is 24.6 Å². The molecular formula is C17H28N2O5. The molecule has 1 heterocycles. The zero-order valence-corrected chi connectivity index (χ0v) is 14.4. The van der Waals surface area contributed by atoms with E-state index >= 15 is 0 Å². The summed E-state index contributed by atoms with van der Waals surface area (Å²) in [5, 5.41) is 21.6. The van der Waals surface area contributed by atoms with Gasteiger partial charge in [0.2, 0.25) is 5.91 Å². The van der Waals surface area contributed by atoms with Crippen LogP contribution < -0.4 is 5.32 Å². The van der Waals surface area contributed by atoms with Crippen molar-refractivity contribution in [2.24, 2.45) is 5.92 Å². The van der Waals surface area contributed by atoms with E-state index in [2.05, 4.69) is 5.32 Å². The Labute approximate surface area is 142 Å². The molecule has 2 fully saturated rings. The monoisotopic (exact) mass is 340 g/mol. The van der Waals surface area contributed by atoms with E-state index in [0.29, 0.717) is 19.3 Å². The van der Waals surface area contributed by atoms with Crippen LogP contribution in [-0.2, 0) is 14.4 Å². The van der Waals surface area contributed by atoms with Crippen molar-refractivity contribution in [3.8, 4) is 0 Å². The molecule has 1 saturated carbocycles. The van der Waals surface area contributed by atoms with Gasteiger partial charge in [-0.3, -0.25) is 14.9 Å². The normalized spacial score (nSPS) is 28.9. The molecule has 2 aliphatic rings. The van der Waals surface area contributed by atoms with Gasteiger partial charge in [0.1, 0.15) is 12.1 Å². The lowest BCUT2D eigenvalue weighted by Crippen LogP contribution is -2.55. The largest absolute Gasteiger partial charge is 0.480 e. The molecule has 0 unspecified atom stereocenters. The van der Waals surface area contributed by atoms with Gasteiger partial charge in [-0.2, -0.15) is 0 Å². The van der Waals surface area contributed by atoms with Crippen molar-refractivity contribution in [2.45, 2.75) is 83.0 Å². The van der Waals surface area contributed by atoms with Crippen molar-refractivity contribution in [3.63, 3.8) is 0 Å². The highest BCUT2D eigenvalue weighted by atomic mass is 16.4. The lowest BCUT2D eigenvalue weighted by molar-refractivity contribution is -0.151. The minimum absolute atomic E-state index is 0.0222. The number of nitrogens with one attached hydrogen (secondary N) is 1. The zero-order valence-electron chi connectivity index (χ0n) is 14.4. The maximum atomic E-state index is 12.9. The molecule has 0 bridgehead atoms. The molecule has 1 aliphatic carbocycles. The third-order valence-electron chi connectivity index (χ3n) is 5.32. The molecule has 0 aromatic heterocycles. The van der Waals surface area contributed by atoms with Crippen molar-refractivity contribution in [2.75, 3.05) is 0 Å². The molecule has 0 aromatic carbocycles. The number of carbonyl (C=O) groups excluding carboxylic acids is 1. The van der Waals surface area contributed by atoms with E-state index in [1.165, 1.54) is 4.90 Å².